The van der Waals surface area contributed by atoms with Crippen LogP contribution in [0.25, 0.3) is 5.69 Å². The molecule has 0 spiro atoms. The van der Waals surface area contributed by atoms with E-state index in [4.69, 9.17) is 16.9 Å². The third kappa shape index (κ3) is 2.74. The number of rotatable bonds is 4. The largest absolute Gasteiger partial charge is 0.216 e. The fraction of sp³-hybridized carbons (Fsp3) is 0.308. The molecule has 0 N–H and O–H groups in total. The van der Waals surface area contributed by atoms with Gasteiger partial charge in [0.25, 0.3) is 0 Å². The lowest BCUT2D eigenvalue weighted by Gasteiger charge is -2.06. The summed E-state index contributed by atoms with van der Waals surface area (Å²) in [6, 6.07) is 6.33. The smallest absolute Gasteiger partial charge is 0.186 e. The van der Waals surface area contributed by atoms with Crippen molar-refractivity contribution in [3.8, 4) is 11.8 Å². The molecule has 1 aromatic carbocycles. The van der Waals surface area contributed by atoms with Crippen molar-refractivity contribution >= 4 is 11.6 Å². The second-order valence-corrected chi connectivity index (χ2v) is 4.52. The molecule has 0 bridgehead atoms. The van der Waals surface area contributed by atoms with Crippen LogP contribution in [-0.4, -0.2) is 15.0 Å². The van der Waals surface area contributed by atoms with Gasteiger partial charge in [0, 0.05) is 0 Å². The number of nitriles is 1. The summed E-state index contributed by atoms with van der Waals surface area (Å²) in [5.41, 5.74) is 1.63. The molecule has 0 fully saturated rings. The maximum absolute atomic E-state index is 13.2. The second kappa shape index (κ2) is 5.81. The van der Waals surface area contributed by atoms with Crippen LogP contribution in [0.2, 0.25) is 5.02 Å². The summed E-state index contributed by atoms with van der Waals surface area (Å²) in [5, 5.41) is 16.8. The van der Waals surface area contributed by atoms with Gasteiger partial charge in [-0.15, -0.1) is 5.10 Å². The van der Waals surface area contributed by atoms with Crippen molar-refractivity contribution in [3.05, 3.63) is 40.4 Å². The zero-order chi connectivity index (χ0) is 13.8. The van der Waals surface area contributed by atoms with Crippen LogP contribution in [0.1, 0.15) is 31.2 Å². The Balaban J connectivity index is 2.46. The summed E-state index contributed by atoms with van der Waals surface area (Å²) in [6.07, 6.45) is 2.62. The Labute approximate surface area is 115 Å². The van der Waals surface area contributed by atoms with Gasteiger partial charge in [0.05, 0.1) is 16.4 Å². The Morgan fingerprint density at radius 3 is 2.89 bits per heavy atom. The normalized spacial score (nSPS) is 10.4. The molecule has 0 aliphatic rings. The number of unbranched alkanes of at least 4 members (excludes halogenated alkanes) is 1. The van der Waals surface area contributed by atoms with Crippen molar-refractivity contribution in [2.24, 2.45) is 0 Å². The Hall–Kier alpha value is -1.93. The highest BCUT2D eigenvalue weighted by atomic mass is 35.5. The summed E-state index contributed by atoms with van der Waals surface area (Å²) in [5.74, 6) is -0.485. The van der Waals surface area contributed by atoms with E-state index in [0.717, 1.165) is 18.5 Å². The van der Waals surface area contributed by atoms with E-state index in [-0.39, 0.29) is 5.02 Å². The minimum absolute atomic E-state index is 0.0212. The Morgan fingerprint density at radius 1 is 1.47 bits per heavy atom. The van der Waals surface area contributed by atoms with E-state index in [0.29, 0.717) is 17.8 Å². The van der Waals surface area contributed by atoms with Gasteiger partial charge in [-0.3, -0.25) is 0 Å². The quantitative estimate of drug-likeness (QED) is 0.862. The first-order valence-electron chi connectivity index (χ1n) is 5.97. The van der Waals surface area contributed by atoms with E-state index in [9.17, 15) is 4.39 Å². The van der Waals surface area contributed by atoms with Gasteiger partial charge in [0.15, 0.2) is 5.69 Å². The van der Waals surface area contributed by atoms with Crippen LogP contribution in [0.4, 0.5) is 4.39 Å². The van der Waals surface area contributed by atoms with Gasteiger partial charge >= 0.3 is 0 Å². The van der Waals surface area contributed by atoms with E-state index in [1.807, 2.05) is 6.07 Å². The Morgan fingerprint density at radius 2 is 2.26 bits per heavy atom. The molecule has 0 saturated carbocycles. The molecule has 0 amide bonds. The minimum Gasteiger partial charge on any atom is -0.216 e. The number of halogens is 2. The van der Waals surface area contributed by atoms with Gasteiger partial charge in [-0.25, -0.2) is 9.07 Å². The van der Waals surface area contributed by atoms with Crippen LogP contribution in [0.5, 0.6) is 0 Å². The standard InChI is InChI=1S/C13H12ClFN4/c1-2-3-4-13-12(8-16)17-18-19(13)9-5-6-11(15)10(14)7-9/h5-7H,2-4H2,1H3. The minimum atomic E-state index is -0.485. The van der Waals surface area contributed by atoms with E-state index in [1.165, 1.54) is 12.1 Å². The molecule has 0 aliphatic carbocycles. The van der Waals surface area contributed by atoms with Crippen molar-refractivity contribution in [1.29, 1.82) is 5.26 Å². The van der Waals surface area contributed by atoms with E-state index < -0.39 is 5.82 Å². The zero-order valence-corrected chi connectivity index (χ0v) is 11.2. The fourth-order valence-electron chi connectivity index (χ4n) is 1.78. The molecule has 2 aromatic rings. The Kier molecular flexibility index (Phi) is 4.13. The van der Waals surface area contributed by atoms with Crippen LogP contribution in [-0.2, 0) is 6.42 Å². The van der Waals surface area contributed by atoms with Gasteiger partial charge in [-0.05, 0) is 31.0 Å². The molecule has 0 saturated heterocycles. The molecule has 1 aromatic heterocycles. The molecule has 98 valence electrons. The third-order valence-electron chi connectivity index (χ3n) is 2.78. The second-order valence-electron chi connectivity index (χ2n) is 4.11. The molecular formula is C13H12ClFN4. The monoisotopic (exact) mass is 278 g/mol. The van der Waals surface area contributed by atoms with Crippen molar-refractivity contribution in [3.63, 3.8) is 0 Å². The van der Waals surface area contributed by atoms with Crippen LogP contribution >= 0.6 is 11.6 Å². The highest BCUT2D eigenvalue weighted by Gasteiger charge is 2.14. The number of aromatic nitrogens is 3. The van der Waals surface area contributed by atoms with Crippen LogP contribution < -0.4 is 0 Å². The molecule has 4 nitrogen and oxygen atoms in total. The molecule has 0 radical (unpaired) electrons. The van der Waals surface area contributed by atoms with E-state index in [2.05, 4.69) is 17.2 Å². The average Bonchev–Trinajstić information content (AvgIpc) is 2.82. The molecular weight excluding hydrogens is 267 g/mol. The lowest BCUT2D eigenvalue weighted by Crippen LogP contribution is -2.03. The fourth-order valence-corrected chi connectivity index (χ4v) is 1.96. The highest BCUT2D eigenvalue weighted by Crippen LogP contribution is 2.21. The molecule has 19 heavy (non-hydrogen) atoms. The van der Waals surface area contributed by atoms with Crippen molar-refractivity contribution < 1.29 is 4.39 Å². The molecule has 0 atom stereocenters. The highest BCUT2D eigenvalue weighted by molar-refractivity contribution is 6.30. The SMILES string of the molecule is CCCCc1c(C#N)nnn1-c1ccc(F)c(Cl)c1. The summed E-state index contributed by atoms with van der Waals surface area (Å²) in [7, 11) is 0. The first kappa shape index (κ1) is 13.5. The molecule has 1 heterocycles. The Bertz CT molecular complexity index is 630. The zero-order valence-electron chi connectivity index (χ0n) is 10.4. The van der Waals surface area contributed by atoms with Crippen LogP contribution in [0, 0.1) is 17.1 Å². The predicted octanol–water partition coefficient (Wildman–Crippen LogP) is 3.27. The summed E-state index contributed by atoms with van der Waals surface area (Å²) in [4.78, 5) is 0. The predicted molar refractivity (Wildman–Crippen MR) is 69.7 cm³/mol. The lowest BCUT2D eigenvalue weighted by atomic mass is 10.1. The average molecular weight is 279 g/mol. The number of hydrogen-bond donors (Lipinski definition) is 0. The van der Waals surface area contributed by atoms with Crippen LogP contribution in [0.15, 0.2) is 18.2 Å². The van der Waals surface area contributed by atoms with E-state index in [1.54, 1.807) is 10.7 Å². The summed E-state index contributed by atoms with van der Waals surface area (Å²) in [6.45, 7) is 2.06. The van der Waals surface area contributed by atoms with Gasteiger partial charge in [0.1, 0.15) is 11.9 Å². The van der Waals surface area contributed by atoms with Gasteiger partial charge < -0.3 is 0 Å². The number of benzene rings is 1. The molecule has 2 rings (SSSR count). The molecule has 0 unspecified atom stereocenters. The molecule has 6 heteroatoms. The summed E-state index contributed by atoms with van der Waals surface area (Å²) >= 11 is 5.76. The maximum Gasteiger partial charge on any atom is 0.186 e. The van der Waals surface area contributed by atoms with Crippen molar-refractivity contribution in [2.45, 2.75) is 26.2 Å². The lowest BCUT2D eigenvalue weighted by molar-refractivity contribution is 0.626. The maximum atomic E-state index is 13.2. The molecule has 0 aliphatic heterocycles. The number of nitrogens with zero attached hydrogens (tertiary/aromatic N) is 4. The van der Waals surface area contributed by atoms with E-state index >= 15 is 0 Å². The van der Waals surface area contributed by atoms with Gasteiger partial charge in [-0.1, -0.05) is 30.2 Å². The first-order chi connectivity index (χ1) is 9.17. The topological polar surface area (TPSA) is 54.5 Å². The van der Waals surface area contributed by atoms with Gasteiger partial charge in [-0.2, -0.15) is 5.26 Å². The summed E-state index contributed by atoms with van der Waals surface area (Å²) < 4.78 is 14.7. The third-order valence-corrected chi connectivity index (χ3v) is 3.07. The van der Waals surface area contributed by atoms with Crippen LogP contribution in [0.3, 0.4) is 0 Å². The number of hydrogen-bond acceptors (Lipinski definition) is 3. The first-order valence-corrected chi connectivity index (χ1v) is 6.35. The van der Waals surface area contributed by atoms with Crippen molar-refractivity contribution in [2.75, 3.05) is 0 Å². The van der Waals surface area contributed by atoms with Gasteiger partial charge in [0.2, 0.25) is 0 Å². The van der Waals surface area contributed by atoms with Crippen molar-refractivity contribution in [1.82, 2.24) is 15.0 Å².